The number of carbonyl (C=O) groups excluding carboxylic acids is 2. The summed E-state index contributed by atoms with van der Waals surface area (Å²) >= 11 is 38.0. The third kappa shape index (κ3) is 7.86. The van der Waals surface area contributed by atoms with Crippen LogP contribution in [0.5, 0.6) is 0 Å². The van der Waals surface area contributed by atoms with Crippen LogP contribution in [-0.2, 0) is 4.74 Å². The number of hydrogen-bond acceptors (Lipinski definition) is 6. The van der Waals surface area contributed by atoms with Gasteiger partial charge in [-0.05, 0) is 87.4 Å². The number of esters is 1. The van der Waals surface area contributed by atoms with Crippen LogP contribution in [0.1, 0.15) is 44.9 Å². The van der Waals surface area contributed by atoms with E-state index in [0.29, 0.717) is 83.4 Å². The van der Waals surface area contributed by atoms with Crippen LogP contribution in [0.3, 0.4) is 0 Å². The minimum Gasteiger partial charge on any atom is -0.456 e. The summed E-state index contributed by atoms with van der Waals surface area (Å²) in [5.41, 5.74) is 8.48. The van der Waals surface area contributed by atoms with Gasteiger partial charge in [0.15, 0.2) is 11.4 Å². The molecule has 0 radical (unpaired) electrons. The number of benzene rings is 4. The summed E-state index contributed by atoms with van der Waals surface area (Å²) in [6, 6.07) is 24.6. The summed E-state index contributed by atoms with van der Waals surface area (Å²) in [4.78, 5) is 27.7. The average Bonchev–Trinajstić information content (AvgIpc) is 3.65. The monoisotopic (exact) mass is 840 g/mol. The number of hydrazine groups is 1. The van der Waals surface area contributed by atoms with Gasteiger partial charge in [0.1, 0.15) is 6.10 Å². The molecule has 4 aromatic carbocycles. The van der Waals surface area contributed by atoms with Gasteiger partial charge in [0, 0.05) is 48.9 Å². The van der Waals surface area contributed by atoms with Crippen molar-refractivity contribution in [3.63, 3.8) is 0 Å². The second-order valence-corrected chi connectivity index (χ2v) is 15.3. The van der Waals surface area contributed by atoms with Gasteiger partial charge in [-0.2, -0.15) is 10.2 Å². The van der Waals surface area contributed by atoms with E-state index in [4.69, 9.17) is 84.5 Å². The molecule has 276 valence electrons. The SMILES string of the molecule is Cc1c(C(=O)NN2CCC[C@@H](OC(=O)c3nn(-c4ccc(Cl)cc4Cl)c(-c4ccc(Cl)cc4)c3C)C2)nn(-c2ccc(Cl)cc2Cl)c1-c1ccc(Cl)cc1. The Balaban J connectivity index is 1.13. The largest absolute Gasteiger partial charge is 0.456 e. The van der Waals surface area contributed by atoms with Crippen molar-refractivity contribution in [3.8, 4) is 33.9 Å². The molecule has 7 rings (SSSR count). The van der Waals surface area contributed by atoms with Gasteiger partial charge in [-0.1, -0.05) is 93.9 Å². The van der Waals surface area contributed by atoms with Crippen molar-refractivity contribution < 1.29 is 14.3 Å². The Morgan fingerprint density at radius 1 is 0.667 bits per heavy atom. The first-order valence-corrected chi connectivity index (χ1v) is 19.0. The highest BCUT2D eigenvalue weighted by molar-refractivity contribution is 6.36. The zero-order valence-corrected chi connectivity index (χ0v) is 33.3. The number of nitrogens with zero attached hydrogens (tertiary/aromatic N) is 5. The predicted octanol–water partition coefficient (Wildman–Crippen LogP) is 10.9. The molecule has 0 bridgehead atoms. The van der Waals surface area contributed by atoms with E-state index in [9.17, 15) is 9.59 Å². The van der Waals surface area contributed by atoms with Crippen LogP contribution in [0.2, 0.25) is 30.1 Å². The molecule has 1 N–H and O–H groups in total. The van der Waals surface area contributed by atoms with Gasteiger partial charge in [0.2, 0.25) is 0 Å². The van der Waals surface area contributed by atoms with Crippen molar-refractivity contribution in [2.75, 3.05) is 13.1 Å². The van der Waals surface area contributed by atoms with Crippen LogP contribution in [0.4, 0.5) is 0 Å². The maximum Gasteiger partial charge on any atom is 0.359 e. The highest BCUT2D eigenvalue weighted by Gasteiger charge is 2.31. The standard InChI is InChI=1S/C39H30Cl6N6O3/c1-21-34(46-50(32-15-13-27(42)18-30(32)44)36(21)23-5-9-25(40)10-6-23)38(52)48-49-17-3-4-29(20-49)54-39(53)35-22(2)37(24-7-11-26(41)12-8-24)51(47-35)33-16-14-28(43)19-31(33)45/h5-16,18-19,29H,3-4,17,20H2,1-2H3,(H,48,52)/t29-/m1/s1. The Morgan fingerprint density at radius 2 is 1.13 bits per heavy atom. The van der Waals surface area contributed by atoms with E-state index in [2.05, 4.69) is 5.43 Å². The molecular weight excluding hydrogens is 813 g/mol. The lowest BCUT2D eigenvalue weighted by atomic mass is 10.1. The molecule has 1 aliphatic rings. The molecule has 54 heavy (non-hydrogen) atoms. The zero-order chi connectivity index (χ0) is 38.3. The summed E-state index contributed by atoms with van der Waals surface area (Å²) < 4.78 is 9.28. The first kappa shape index (κ1) is 38.2. The molecule has 9 nitrogen and oxygen atoms in total. The maximum absolute atomic E-state index is 13.9. The van der Waals surface area contributed by atoms with Crippen molar-refractivity contribution in [2.24, 2.45) is 0 Å². The number of piperidine rings is 1. The zero-order valence-electron chi connectivity index (χ0n) is 28.7. The molecule has 6 aromatic rings. The molecule has 1 saturated heterocycles. The number of aromatic nitrogens is 4. The number of nitrogens with one attached hydrogen (secondary N) is 1. The molecule has 0 saturated carbocycles. The molecule has 2 aromatic heterocycles. The highest BCUT2D eigenvalue weighted by Crippen LogP contribution is 2.35. The summed E-state index contributed by atoms with van der Waals surface area (Å²) in [5, 5.41) is 13.9. The summed E-state index contributed by atoms with van der Waals surface area (Å²) in [5.74, 6) is -1.03. The second-order valence-electron chi connectivity index (χ2n) is 12.7. The summed E-state index contributed by atoms with van der Waals surface area (Å²) in [6.45, 7) is 4.41. The molecule has 3 heterocycles. The Labute approximate surface area is 341 Å². The van der Waals surface area contributed by atoms with Crippen LogP contribution in [-0.4, -0.2) is 55.6 Å². The van der Waals surface area contributed by atoms with E-state index in [1.807, 2.05) is 31.2 Å². The van der Waals surface area contributed by atoms with Crippen molar-refractivity contribution in [3.05, 3.63) is 138 Å². The van der Waals surface area contributed by atoms with Gasteiger partial charge in [-0.25, -0.2) is 19.2 Å². The Hall–Kier alpha value is -4.06. The molecule has 1 fully saturated rings. The van der Waals surface area contributed by atoms with Crippen LogP contribution in [0.15, 0.2) is 84.9 Å². The predicted molar refractivity (Wildman–Crippen MR) is 215 cm³/mol. The van der Waals surface area contributed by atoms with Crippen LogP contribution < -0.4 is 5.43 Å². The fourth-order valence-electron chi connectivity index (χ4n) is 6.49. The summed E-state index contributed by atoms with van der Waals surface area (Å²) in [7, 11) is 0. The molecule has 1 aliphatic heterocycles. The van der Waals surface area contributed by atoms with E-state index >= 15 is 0 Å². The van der Waals surface area contributed by atoms with E-state index in [0.717, 1.165) is 11.1 Å². The minimum atomic E-state index is -0.605. The Morgan fingerprint density at radius 3 is 1.63 bits per heavy atom. The molecule has 0 spiro atoms. The molecule has 0 unspecified atom stereocenters. The molecule has 1 atom stereocenters. The van der Waals surface area contributed by atoms with E-state index in [-0.39, 0.29) is 17.9 Å². The summed E-state index contributed by atoms with van der Waals surface area (Å²) in [6.07, 6.45) is 0.714. The van der Waals surface area contributed by atoms with Gasteiger partial charge in [0.05, 0.1) is 39.4 Å². The number of ether oxygens (including phenoxy) is 1. The molecule has 15 heteroatoms. The van der Waals surface area contributed by atoms with Gasteiger partial charge in [0.25, 0.3) is 5.91 Å². The van der Waals surface area contributed by atoms with E-state index < -0.39 is 18.0 Å². The van der Waals surface area contributed by atoms with E-state index in [1.165, 1.54) is 0 Å². The fraction of sp³-hybridized carbons (Fsp3) is 0.179. The number of hydrogen-bond donors (Lipinski definition) is 1. The average molecular weight is 843 g/mol. The van der Waals surface area contributed by atoms with Crippen LogP contribution >= 0.6 is 69.6 Å². The highest BCUT2D eigenvalue weighted by atomic mass is 35.5. The van der Waals surface area contributed by atoms with Crippen molar-refractivity contribution in [1.29, 1.82) is 0 Å². The van der Waals surface area contributed by atoms with Crippen molar-refractivity contribution >= 4 is 81.5 Å². The topological polar surface area (TPSA) is 94.3 Å². The van der Waals surface area contributed by atoms with Crippen LogP contribution in [0, 0.1) is 13.8 Å². The fourth-order valence-corrected chi connectivity index (χ4v) is 7.72. The third-order valence-electron chi connectivity index (χ3n) is 9.08. The number of rotatable bonds is 8. The lowest BCUT2D eigenvalue weighted by molar-refractivity contribution is -0.00264. The number of carbonyl (C=O) groups is 2. The quantitative estimate of drug-likeness (QED) is 0.153. The van der Waals surface area contributed by atoms with Crippen molar-refractivity contribution in [1.82, 2.24) is 30.0 Å². The minimum absolute atomic E-state index is 0.129. The van der Waals surface area contributed by atoms with Gasteiger partial charge >= 0.3 is 5.97 Å². The first-order chi connectivity index (χ1) is 25.9. The number of amides is 1. The smallest absolute Gasteiger partial charge is 0.359 e. The van der Waals surface area contributed by atoms with Gasteiger partial charge < -0.3 is 4.74 Å². The normalized spacial score (nSPS) is 14.6. The third-order valence-corrected chi connectivity index (χ3v) is 10.7. The molecule has 1 amide bonds. The Bertz CT molecular complexity index is 2230. The lowest BCUT2D eigenvalue weighted by Crippen LogP contribution is -2.50. The second kappa shape index (κ2) is 16.0. The molecule has 0 aliphatic carbocycles. The van der Waals surface area contributed by atoms with Crippen LogP contribution in [0.25, 0.3) is 33.9 Å². The first-order valence-electron chi connectivity index (χ1n) is 16.8. The van der Waals surface area contributed by atoms with Gasteiger partial charge in [-0.3, -0.25) is 10.2 Å². The van der Waals surface area contributed by atoms with Crippen molar-refractivity contribution in [2.45, 2.75) is 32.8 Å². The van der Waals surface area contributed by atoms with Gasteiger partial charge in [-0.15, -0.1) is 0 Å². The molecular formula is C39H30Cl6N6O3. The lowest BCUT2D eigenvalue weighted by Gasteiger charge is -2.32. The Kier molecular flexibility index (Phi) is 11.3. The maximum atomic E-state index is 13.9. The number of halogens is 6. The van der Waals surface area contributed by atoms with E-state index in [1.54, 1.807) is 82.0 Å².